The molecule has 24 heavy (non-hydrogen) atoms. The van der Waals surface area contributed by atoms with E-state index in [9.17, 15) is 9.18 Å². The quantitative estimate of drug-likeness (QED) is 0.719. The van der Waals surface area contributed by atoms with Crippen LogP contribution in [0.25, 0.3) is 5.69 Å². The maximum absolute atomic E-state index is 13.9. The predicted molar refractivity (Wildman–Crippen MR) is 90.8 cm³/mol. The average molecular weight is 344 g/mol. The second-order valence-electron chi connectivity index (χ2n) is 5.36. The predicted octanol–water partition coefficient (Wildman–Crippen LogP) is 3.94. The minimum atomic E-state index is -0.420. The van der Waals surface area contributed by atoms with Crippen molar-refractivity contribution in [3.05, 3.63) is 82.9 Å². The molecule has 1 heterocycles. The van der Waals surface area contributed by atoms with Gasteiger partial charge in [0.1, 0.15) is 5.82 Å². The Balaban J connectivity index is 1.76. The molecule has 4 nitrogen and oxygen atoms in total. The summed E-state index contributed by atoms with van der Waals surface area (Å²) in [7, 11) is 1.62. The maximum Gasteiger partial charge on any atom is 0.253 e. The van der Waals surface area contributed by atoms with Crippen molar-refractivity contribution in [1.82, 2.24) is 14.7 Å². The molecule has 0 aliphatic carbocycles. The molecule has 0 saturated carbocycles. The first-order valence-corrected chi connectivity index (χ1v) is 7.72. The first kappa shape index (κ1) is 16.2. The molecule has 122 valence electrons. The van der Waals surface area contributed by atoms with E-state index in [0.717, 1.165) is 5.69 Å². The van der Waals surface area contributed by atoms with Crippen molar-refractivity contribution in [2.24, 2.45) is 0 Å². The van der Waals surface area contributed by atoms with Crippen LogP contribution in [0.1, 0.15) is 15.9 Å². The second kappa shape index (κ2) is 6.84. The normalized spacial score (nSPS) is 10.6. The van der Waals surface area contributed by atoms with Gasteiger partial charge in [0, 0.05) is 42.1 Å². The molecule has 0 bridgehead atoms. The van der Waals surface area contributed by atoms with Gasteiger partial charge in [-0.25, -0.2) is 9.07 Å². The van der Waals surface area contributed by atoms with Crippen LogP contribution in [0.15, 0.2) is 60.9 Å². The SMILES string of the molecule is CN(Cc1c(F)cccc1Cl)C(=O)c1ccc(-n2cccn2)cc1. The van der Waals surface area contributed by atoms with E-state index in [1.165, 1.54) is 17.0 Å². The molecule has 0 fully saturated rings. The van der Waals surface area contributed by atoms with E-state index in [1.807, 2.05) is 24.4 Å². The lowest BCUT2D eigenvalue weighted by Gasteiger charge is -2.18. The van der Waals surface area contributed by atoms with Gasteiger partial charge >= 0.3 is 0 Å². The summed E-state index contributed by atoms with van der Waals surface area (Å²) in [5, 5.41) is 4.45. The molecule has 0 saturated heterocycles. The van der Waals surface area contributed by atoms with Gasteiger partial charge in [0.2, 0.25) is 0 Å². The Labute approximate surface area is 144 Å². The molecule has 1 aromatic heterocycles. The van der Waals surface area contributed by atoms with E-state index in [4.69, 9.17) is 11.6 Å². The molecular formula is C18H15ClFN3O. The molecular weight excluding hydrogens is 329 g/mol. The van der Waals surface area contributed by atoms with Gasteiger partial charge in [-0.15, -0.1) is 0 Å². The van der Waals surface area contributed by atoms with Crippen molar-refractivity contribution in [3.63, 3.8) is 0 Å². The minimum Gasteiger partial charge on any atom is -0.337 e. The lowest BCUT2D eigenvalue weighted by molar-refractivity contribution is 0.0784. The highest BCUT2D eigenvalue weighted by molar-refractivity contribution is 6.31. The van der Waals surface area contributed by atoms with E-state index >= 15 is 0 Å². The zero-order valence-electron chi connectivity index (χ0n) is 13.0. The maximum atomic E-state index is 13.9. The Morgan fingerprint density at radius 3 is 2.58 bits per heavy atom. The molecule has 3 rings (SSSR count). The Morgan fingerprint density at radius 1 is 1.21 bits per heavy atom. The summed E-state index contributed by atoms with van der Waals surface area (Å²) in [6.45, 7) is 0.102. The Hall–Kier alpha value is -2.66. The van der Waals surface area contributed by atoms with E-state index < -0.39 is 5.82 Å². The molecule has 0 unspecified atom stereocenters. The van der Waals surface area contributed by atoms with E-state index in [0.29, 0.717) is 16.1 Å². The van der Waals surface area contributed by atoms with E-state index in [-0.39, 0.29) is 12.5 Å². The smallest absolute Gasteiger partial charge is 0.253 e. The highest BCUT2D eigenvalue weighted by Gasteiger charge is 2.16. The van der Waals surface area contributed by atoms with E-state index in [1.54, 1.807) is 36.1 Å². The molecule has 0 radical (unpaired) electrons. The molecule has 6 heteroatoms. The van der Waals surface area contributed by atoms with Crippen molar-refractivity contribution < 1.29 is 9.18 Å². The lowest BCUT2D eigenvalue weighted by Crippen LogP contribution is -2.26. The second-order valence-corrected chi connectivity index (χ2v) is 5.77. The summed E-state index contributed by atoms with van der Waals surface area (Å²) in [5.74, 6) is -0.627. The molecule has 0 aliphatic heterocycles. The van der Waals surface area contributed by atoms with Crippen LogP contribution in [-0.2, 0) is 6.54 Å². The fraction of sp³-hybridized carbons (Fsp3) is 0.111. The molecule has 2 aromatic carbocycles. The van der Waals surface area contributed by atoms with Crippen molar-refractivity contribution in [2.45, 2.75) is 6.54 Å². The van der Waals surface area contributed by atoms with Crippen LogP contribution in [0.5, 0.6) is 0 Å². The molecule has 1 amide bonds. The molecule has 3 aromatic rings. The topological polar surface area (TPSA) is 38.1 Å². The number of nitrogens with zero attached hydrogens (tertiary/aromatic N) is 3. The number of carbonyl (C=O) groups excluding carboxylic acids is 1. The monoisotopic (exact) mass is 343 g/mol. The third kappa shape index (κ3) is 3.31. The first-order valence-electron chi connectivity index (χ1n) is 7.34. The summed E-state index contributed by atoms with van der Waals surface area (Å²) in [5.41, 5.74) is 1.68. The van der Waals surface area contributed by atoms with Crippen LogP contribution in [0.2, 0.25) is 5.02 Å². The van der Waals surface area contributed by atoms with Crippen LogP contribution < -0.4 is 0 Å². The van der Waals surface area contributed by atoms with Crippen LogP contribution in [0, 0.1) is 5.82 Å². The summed E-state index contributed by atoms with van der Waals surface area (Å²) in [6, 6.07) is 13.4. The summed E-state index contributed by atoms with van der Waals surface area (Å²) < 4.78 is 15.6. The van der Waals surface area contributed by atoms with Crippen molar-refractivity contribution in [1.29, 1.82) is 0 Å². The van der Waals surface area contributed by atoms with Crippen molar-refractivity contribution in [2.75, 3.05) is 7.05 Å². The molecule has 0 N–H and O–H groups in total. The fourth-order valence-electron chi connectivity index (χ4n) is 2.39. The number of halogens is 2. The van der Waals surface area contributed by atoms with Gasteiger partial charge in [-0.2, -0.15) is 5.10 Å². The zero-order valence-corrected chi connectivity index (χ0v) is 13.7. The summed E-state index contributed by atoms with van der Waals surface area (Å²) >= 11 is 6.01. The van der Waals surface area contributed by atoms with Gasteiger partial charge in [-0.1, -0.05) is 17.7 Å². The van der Waals surface area contributed by atoms with Gasteiger partial charge in [0.15, 0.2) is 0 Å². The standard InChI is InChI=1S/C18H15ClFN3O/c1-22(12-15-16(19)4-2-5-17(15)20)18(24)13-6-8-14(9-7-13)23-11-3-10-21-23/h2-11H,12H2,1H3. The summed E-state index contributed by atoms with van der Waals surface area (Å²) in [6.07, 6.45) is 3.51. The first-order chi connectivity index (χ1) is 11.6. The lowest BCUT2D eigenvalue weighted by atomic mass is 10.1. The van der Waals surface area contributed by atoms with Crippen LogP contribution in [-0.4, -0.2) is 27.6 Å². The van der Waals surface area contributed by atoms with Crippen LogP contribution in [0.4, 0.5) is 4.39 Å². The van der Waals surface area contributed by atoms with Gasteiger partial charge < -0.3 is 4.90 Å². The van der Waals surface area contributed by atoms with Gasteiger partial charge in [0.05, 0.1) is 5.69 Å². The minimum absolute atomic E-state index is 0.102. The number of benzene rings is 2. The number of carbonyl (C=O) groups is 1. The highest BCUT2D eigenvalue weighted by atomic mass is 35.5. The van der Waals surface area contributed by atoms with Crippen LogP contribution in [0.3, 0.4) is 0 Å². The van der Waals surface area contributed by atoms with Crippen LogP contribution >= 0.6 is 11.6 Å². The Bertz CT molecular complexity index is 827. The van der Waals surface area contributed by atoms with E-state index in [2.05, 4.69) is 5.10 Å². The fourth-order valence-corrected chi connectivity index (χ4v) is 2.61. The van der Waals surface area contributed by atoms with Crippen molar-refractivity contribution >= 4 is 17.5 Å². The third-order valence-electron chi connectivity index (χ3n) is 3.69. The van der Waals surface area contributed by atoms with Gasteiger partial charge in [-0.3, -0.25) is 4.79 Å². The highest BCUT2D eigenvalue weighted by Crippen LogP contribution is 2.21. The number of aromatic nitrogens is 2. The third-order valence-corrected chi connectivity index (χ3v) is 4.04. The number of hydrogen-bond acceptors (Lipinski definition) is 2. The number of rotatable bonds is 4. The number of hydrogen-bond donors (Lipinski definition) is 0. The zero-order chi connectivity index (χ0) is 17.1. The van der Waals surface area contributed by atoms with Gasteiger partial charge in [0.25, 0.3) is 5.91 Å². The molecule has 0 aliphatic rings. The molecule has 0 atom stereocenters. The Kier molecular flexibility index (Phi) is 4.62. The Morgan fingerprint density at radius 2 is 1.96 bits per heavy atom. The van der Waals surface area contributed by atoms with Gasteiger partial charge in [-0.05, 0) is 42.5 Å². The number of amides is 1. The summed E-state index contributed by atoms with van der Waals surface area (Å²) in [4.78, 5) is 13.9. The largest absolute Gasteiger partial charge is 0.337 e. The van der Waals surface area contributed by atoms with Crippen molar-refractivity contribution in [3.8, 4) is 5.69 Å². The molecule has 0 spiro atoms. The average Bonchev–Trinajstić information content (AvgIpc) is 3.12.